The predicted octanol–water partition coefficient (Wildman–Crippen LogP) is 2.92. The molecular formula is C27H32N8O3. The number of amides is 1. The molecule has 3 aromatic rings. The van der Waals surface area contributed by atoms with Gasteiger partial charge in [-0.3, -0.25) is 14.8 Å². The molecule has 1 aliphatic rings. The monoisotopic (exact) mass is 516 g/mol. The fourth-order valence-corrected chi connectivity index (χ4v) is 3.89. The van der Waals surface area contributed by atoms with Crippen LogP contribution in [-0.2, 0) is 10.2 Å². The third-order valence-corrected chi connectivity index (χ3v) is 6.26. The molecule has 3 aromatic heterocycles. The number of anilines is 3. The van der Waals surface area contributed by atoms with Crippen LogP contribution in [0.5, 0.6) is 0 Å². The summed E-state index contributed by atoms with van der Waals surface area (Å²) in [7, 11) is 0. The van der Waals surface area contributed by atoms with Crippen LogP contribution in [0.3, 0.4) is 0 Å². The fourth-order valence-electron chi connectivity index (χ4n) is 3.89. The van der Waals surface area contributed by atoms with E-state index >= 15 is 0 Å². The zero-order valence-electron chi connectivity index (χ0n) is 22.0. The molecule has 0 bridgehead atoms. The standard InChI is InChI=1S/C27H32N8O3/c1-17(15-36)31-26-33-22(13-24(34-26)35-7-9-38-10-8-35)21-12-20(14-30-18(21)2)32-25(37)19-5-6-29-23(11-19)27(3,4)16-28/h5-6,11-14,17,36H,7-10,15H2,1-4H3,(H,32,37)(H,31,33,34)/t17-/m1/s1. The lowest BCUT2D eigenvalue weighted by molar-refractivity contribution is 0.102. The lowest BCUT2D eigenvalue weighted by Gasteiger charge is -2.28. The first-order chi connectivity index (χ1) is 18.2. The van der Waals surface area contributed by atoms with Gasteiger partial charge in [-0.2, -0.15) is 10.2 Å². The number of morpholine rings is 1. The van der Waals surface area contributed by atoms with Crippen molar-refractivity contribution >= 4 is 23.4 Å². The Bertz CT molecular complexity index is 1350. The third kappa shape index (κ3) is 6.22. The maximum Gasteiger partial charge on any atom is 0.255 e. The normalized spacial score (nSPS) is 14.5. The summed E-state index contributed by atoms with van der Waals surface area (Å²) in [6.45, 7) is 9.79. The van der Waals surface area contributed by atoms with E-state index in [9.17, 15) is 15.2 Å². The van der Waals surface area contributed by atoms with Crippen molar-refractivity contribution in [3.63, 3.8) is 0 Å². The van der Waals surface area contributed by atoms with Crippen LogP contribution in [0.1, 0.15) is 42.5 Å². The quantitative estimate of drug-likeness (QED) is 0.408. The number of nitrogens with zero attached hydrogens (tertiary/aromatic N) is 6. The molecule has 0 saturated carbocycles. The highest BCUT2D eigenvalue weighted by molar-refractivity contribution is 6.04. The molecular weight excluding hydrogens is 484 g/mol. The van der Waals surface area contributed by atoms with Gasteiger partial charge in [-0.15, -0.1) is 0 Å². The highest BCUT2D eigenvalue weighted by Gasteiger charge is 2.23. The van der Waals surface area contributed by atoms with Crippen LogP contribution in [0.25, 0.3) is 11.3 Å². The topological polar surface area (TPSA) is 149 Å². The van der Waals surface area contributed by atoms with E-state index in [0.717, 1.165) is 17.1 Å². The molecule has 3 N–H and O–H groups in total. The number of rotatable bonds is 8. The lowest BCUT2D eigenvalue weighted by atomic mass is 9.90. The van der Waals surface area contributed by atoms with Crippen LogP contribution >= 0.6 is 0 Å². The Balaban J connectivity index is 1.66. The number of hydrogen-bond acceptors (Lipinski definition) is 10. The number of aryl methyl sites for hydroxylation is 1. The van der Waals surface area contributed by atoms with Gasteiger partial charge in [0.05, 0.1) is 54.6 Å². The molecule has 1 atom stereocenters. The van der Waals surface area contributed by atoms with E-state index in [1.165, 1.54) is 6.20 Å². The van der Waals surface area contributed by atoms with Crippen molar-refractivity contribution < 1.29 is 14.6 Å². The Morgan fingerprint density at radius 3 is 2.71 bits per heavy atom. The SMILES string of the molecule is Cc1ncc(NC(=O)c2ccnc(C(C)(C)C#N)c2)cc1-c1cc(N2CCOCC2)nc(N[C@H](C)CO)n1. The van der Waals surface area contributed by atoms with E-state index in [1.54, 1.807) is 32.2 Å². The molecule has 0 unspecified atom stereocenters. The minimum absolute atomic E-state index is 0.0646. The fraction of sp³-hybridized carbons (Fsp3) is 0.407. The van der Waals surface area contributed by atoms with Crippen molar-refractivity contribution in [3.05, 3.63) is 53.6 Å². The van der Waals surface area contributed by atoms with E-state index in [4.69, 9.17) is 9.72 Å². The van der Waals surface area contributed by atoms with Crippen LogP contribution < -0.4 is 15.5 Å². The molecule has 11 heteroatoms. The molecule has 1 amide bonds. The molecule has 0 spiro atoms. The molecule has 11 nitrogen and oxygen atoms in total. The number of carbonyl (C=O) groups is 1. The molecule has 0 aromatic carbocycles. The number of nitriles is 1. The van der Waals surface area contributed by atoms with Gasteiger partial charge in [-0.05, 0) is 45.9 Å². The number of aliphatic hydroxyl groups excluding tert-OH is 1. The lowest BCUT2D eigenvalue weighted by Crippen LogP contribution is -2.37. The van der Waals surface area contributed by atoms with Crippen molar-refractivity contribution in [2.45, 2.75) is 39.2 Å². The molecule has 1 saturated heterocycles. The predicted molar refractivity (Wildman–Crippen MR) is 144 cm³/mol. The zero-order chi connectivity index (χ0) is 27.3. The molecule has 0 aliphatic carbocycles. The van der Waals surface area contributed by atoms with E-state index in [1.807, 2.05) is 26.0 Å². The Kier molecular flexibility index (Phi) is 8.14. The maximum atomic E-state index is 13.1. The number of aromatic nitrogens is 4. The van der Waals surface area contributed by atoms with Gasteiger partial charge >= 0.3 is 0 Å². The molecule has 4 rings (SSSR count). The molecule has 38 heavy (non-hydrogen) atoms. The van der Waals surface area contributed by atoms with Crippen LogP contribution in [0, 0.1) is 18.3 Å². The molecule has 0 radical (unpaired) electrons. The summed E-state index contributed by atoms with van der Waals surface area (Å²) in [6, 6.07) is 8.93. The Hall–Kier alpha value is -4.14. The molecule has 4 heterocycles. The Morgan fingerprint density at radius 2 is 2.00 bits per heavy atom. The highest BCUT2D eigenvalue weighted by Crippen LogP contribution is 2.28. The highest BCUT2D eigenvalue weighted by atomic mass is 16.5. The number of ether oxygens (including phenoxy) is 1. The first-order valence-electron chi connectivity index (χ1n) is 12.5. The summed E-state index contributed by atoms with van der Waals surface area (Å²) >= 11 is 0. The van der Waals surface area contributed by atoms with Gasteiger partial charge in [-0.1, -0.05) is 0 Å². The number of pyridine rings is 2. The number of aliphatic hydroxyl groups is 1. The summed E-state index contributed by atoms with van der Waals surface area (Å²) in [5, 5.41) is 25.0. The first-order valence-corrected chi connectivity index (χ1v) is 12.5. The van der Waals surface area contributed by atoms with E-state index in [-0.39, 0.29) is 18.6 Å². The van der Waals surface area contributed by atoms with E-state index in [2.05, 4.69) is 36.6 Å². The van der Waals surface area contributed by atoms with Crippen LogP contribution in [0.4, 0.5) is 17.5 Å². The van der Waals surface area contributed by atoms with Gasteiger partial charge in [-0.25, -0.2) is 4.98 Å². The second kappa shape index (κ2) is 11.5. The number of carbonyl (C=O) groups excluding carboxylic acids is 1. The number of hydrogen-bond donors (Lipinski definition) is 3. The van der Waals surface area contributed by atoms with Crippen LogP contribution in [-0.4, -0.2) is 69.9 Å². The average Bonchev–Trinajstić information content (AvgIpc) is 2.94. The van der Waals surface area contributed by atoms with Gasteiger partial charge in [0.15, 0.2) is 0 Å². The number of nitrogens with one attached hydrogen (secondary N) is 2. The van der Waals surface area contributed by atoms with E-state index in [0.29, 0.717) is 54.9 Å². The van der Waals surface area contributed by atoms with Crippen molar-refractivity contribution in [2.75, 3.05) is 48.4 Å². The average molecular weight is 517 g/mol. The largest absolute Gasteiger partial charge is 0.394 e. The summed E-state index contributed by atoms with van der Waals surface area (Å²) in [5.74, 6) is 0.794. The third-order valence-electron chi connectivity index (χ3n) is 6.26. The van der Waals surface area contributed by atoms with Gasteiger partial charge < -0.3 is 25.4 Å². The van der Waals surface area contributed by atoms with Crippen molar-refractivity contribution in [1.29, 1.82) is 5.26 Å². The Morgan fingerprint density at radius 1 is 1.24 bits per heavy atom. The van der Waals surface area contributed by atoms with E-state index < -0.39 is 5.41 Å². The smallest absolute Gasteiger partial charge is 0.255 e. The summed E-state index contributed by atoms with van der Waals surface area (Å²) in [5.41, 5.74) is 2.69. The minimum atomic E-state index is -0.820. The van der Waals surface area contributed by atoms with Crippen molar-refractivity contribution in [2.24, 2.45) is 0 Å². The minimum Gasteiger partial charge on any atom is -0.394 e. The summed E-state index contributed by atoms with van der Waals surface area (Å²) < 4.78 is 5.49. The van der Waals surface area contributed by atoms with Crippen LogP contribution in [0.2, 0.25) is 0 Å². The first kappa shape index (κ1) is 26.9. The van der Waals surface area contributed by atoms with Crippen LogP contribution in [0.15, 0.2) is 36.7 Å². The maximum absolute atomic E-state index is 13.1. The molecule has 1 fully saturated rings. The van der Waals surface area contributed by atoms with Gasteiger partial charge in [0.2, 0.25) is 5.95 Å². The summed E-state index contributed by atoms with van der Waals surface area (Å²) in [4.78, 5) is 33.3. The van der Waals surface area contributed by atoms with Crippen molar-refractivity contribution in [3.8, 4) is 17.3 Å². The second-order valence-electron chi connectivity index (χ2n) is 9.74. The summed E-state index contributed by atoms with van der Waals surface area (Å²) in [6.07, 6.45) is 3.12. The van der Waals surface area contributed by atoms with Gasteiger partial charge in [0.1, 0.15) is 5.82 Å². The zero-order valence-corrected chi connectivity index (χ0v) is 22.0. The van der Waals surface area contributed by atoms with Gasteiger partial charge in [0, 0.05) is 48.2 Å². The van der Waals surface area contributed by atoms with Gasteiger partial charge in [0.25, 0.3) is 5.91 Å². The second-order valence-corrected chi connectivity index (χ2v) is 9.74. The Labute approximate surface area is 221 Å². The van der Waals surface area contributed by atoms with Crippen molar-refractivity contribution in [1.82, 2.24) is 19.9 Å². The molecule has 1 aliphatic heterocycles. The molecule has 198 valence electrons.